The Hall–Kier alpha value is -2.39. The number of nitro groups is 1. The molecule has 0 saturated heterocycles. The van der Waals surface area contributed by atoms with Crippen LogP contribution in [0.2, 0.25) is 0 Å². The number of nitrogens with zero attached hydrogens (tertiary/aromatic N) is 2. The Morgan fingerprint density at radius 3 is 2.74 bits per heavy atom. The standard InChI is InChI=1S/C14H8BrN3O4S/c15-10-5-7(18(20)21)1-3-9(10)11-4-2-8(22-11)6-12-13(19)17-14(16)23-12/h1-6H,(H2,16,17,19)/b12-6-. The number of benzene rings is 1. The van der Waals surface area contributed by atoms with Gasteiger partial charge < -0.3 is 10.2 Å². The summed E-state index contributed by atoms with van der Waals surface area (Å²) in [6.45, 7) is 0. The van der Waals surface area contributed by atoms with E-state index in [1.165, 1.54) is 12.1 Å². The number of thioether (sulfide) groups is 1. The first-order chi connectivity index (χ1) is 10.9. The number of amides is 1. The number of halogens is 1. The van der Waals surface area contributed by atoms with E-state index in [4.69, 9.17) is 10.2 Å². The van der Waals surface area contributed by atoms with Gasteiger partial charge in [0.2, 0.25) is 0 Å². The third-order valence-electron chi connectivity index (χ3n) is 2.97. The lowest BCUT2D eigenvalue weighted by Gasteiger charge is -2.00. The second kappa shape index (κ2) is 6.01. The first-order valence-corrected chi connectivity index (χ1v) is 7.87. The van der Waals surface area contributed by atoms with Crippen LogP contribution in [-0.4, -0.2) is 16.0 Å². The zero-order chi connectivity index (χ0) is 16.6. The van der Waals surface area contributed by atoms with Crippen LogP contribution < -0.4 is 5.73 Å². The number of carbonyl (C=O) groups is 1. The molecule has 1 aliphatic heterocycles. The van der Waals surface area contributed by atoms with Gasteiger partial charge in [-0.25, -0.2) is 0 Å². The zero-order valence-electron chi connectivity index (χ0n) is 11.4. The number of hydrogen-bond acceptors (Lipinski definition) is 6. The topological polar surface area (TPSA) is 112 Å². The van der Waals surface area contributed by atoms with Gasteiger partial charge in [0.1, 0.15) is 11.5 Å². The van der Waals surface area contributed by atoms with Gasteiger partial charge in [0.25, 0.3) is 11.6 Å². The molecule has 1 aromatic heterocycles. The van der Waals surface area contributed by atoms with Crippen molar-refractivity contribution in [1.82, 2.24) is 0 Å². The van der Waals surface area contributed by atoms with Crippen molar-refractivity contribution in [3.63, 3.8) is 0 Å². The second-order valence-corrected chi connectivity index (χ2v) is 6.41. The Labute approximate surface area is 142 Å². The van der Waals surface area contributed by atoms with E-state index in [2.05, 4.69) is 20.9 Å². The molecule has 2 aromatic rings. The number of aliphatic imine (C=N–C) groups is 1. The van der Waals surface area contributed by atoms with Crippen molar-refractivity contribution in [2.24, 2.45) is 10.7 Å². The quantitative estimate of drug-likeness (QED) is 0.484. The molecule has 0 saturated carbocycles. The number of non-ortho nitro benzene ring substituents is 1. The Morgan fingerprint density at radius 1 is 1.35 bits per heavy atom. The summed E-state index contributed by atoms with van der Waals surface area (Å²) in [6.07, 6.45) is 1.55. The number of hydrogen-bond donors (Lipinski definition) is 1. The Balaban J connectivity index is 1.90. The van der Waals surface area contributed by atoms with Crippen LogP contribution in [0.15, 0.2) is 49.1 Å². The summed E-state index contributed by atoms with van der Waals surface area (Å²) in [4.78, 5) is 25.8. The van der Waals surface area contributed by atoms with Crippen LogP contribution in [0.25, 0.3) is 17.4 Å². The Kier molecular flexibility index (Phi) is 4.05. The largest absolute Gasteiger partial charge is 0.457 e. The molecule has 2 heterocycles. The van der Waals surface area contributed by atoms with E-state index in [1.54, 1.807) is 24.3 Å². The van der Waals surface area contributed by atoms with Crippen molar-refractivity contribution in [2.45, 2.75) is 0 Å². The van der Waals surface area contributed by atoms with Crippen molar-refractivity contribution in [2.75, 3.05) is 0 Å². The number of nitrogens with two attached hydrogens (primary N) is 1. The van der Waals surface area contributed by atoms with Crippen LogP contribution >= 0.6 is 27.7 Å². The monoisotopic (exact) mass is 393 g/mol. The predicted octanol–water partition coefficient (Wildman–Crippen LogP) is 3.55. The third kappa shape index (κ3) is 3.20. The molecule has 0 spiro atoms. The molecular formula is C14H8BrN3O4S. The summed E-state index contributed by atoms with van der Waals surface area (Å²) in [5.74, 6) is 0.580. The minimum absolute atomic E-state index is 0.0184. The molecule has 0 bridgehead atoms. The molecule has 1 aliphatic rings. The number of nitro benzene ring substituents is 1. The van der Waals surface area contributed by atoms with Crippen molar-refractivity contribution < 1.29 is 14.1 Å². The maximum atomic E-state index is 11.6. The van der Waals surface area contributed by atoms with Gasteiger partial charge in [-0.1, -0.05) is 0 Å². The lowest BCUT2D eigenvalue weighted by Crippen LogP contribution is -2.01. The van der Waals surface area contributed by atoms with Gasteiger partial charge in [0.05, 0.1) is 9.83 Å². The molecule has 1 amide bonds. The molecule has 3 rings (SSSR count). The highest BCUT2D eigenvalue weighted by Gasteiger charge is 2.20. The summed E-state index contributed by atoms with van der Waals surface area (Å²) >= 11 is 4.37. The van der Waals surface area contributed by atoms with Gasteiger partial charge in [-0.05, 0) is 45.9 Å². The van der Waals surface area contributed by atoms with Crippen LogP contribution in [-0.2, 0) is 4.79 Å². The summed E-state index contributed by atoms with van der Waals surface area (Å²) in [7, 11) is 0. The summed E-state index contributed by atoms with van der Waals surface area (Å²) in [5, 5.41) is 11.0. The van der Waals surface area contributed by atoms with Gasteiger partial charge >= 0.3 is 0 Å². The number of rotatable bonds is 3. The molecule has 0 fully saturated rings. The molecule has 116 valence electrons. The van der Waals surface area contributed by atoms with Gasteiger partial charge in [-0.15, -0.1) is 0 Å². The first-order valence-electron chi connectivity index (χ1n) is 6.26. The lowest BCUT2D eigenvalue weighted by atomic mass is 10.1. The van der Waals surface area contributed by atoms with Gasteiger partial charge in [-0.2, -0.15) is 4.99 Å². The minimum atomic E-state index is -0.472. The minimum Gasteiger partial charge on any atom is -0.457 e. The van der Waals surface area contributed by atoms with E-state index in [0.29, 0.717) is 26.5 Å². The van der Waals surface area contributed by atoms with Gasteiger partial charge in [0, 0.05) is 28.2 Å². The molecule has 7 nitrogen and oxygen atoms in total. The lowest BCUT2D eigenvalue weighted by molar-refractivity contribution is -0.384. The predicted molar refractivity (Wildman–Crippen MR) is 90.7 cm³/mol. The fourth-order valence-corrected chi connectivity index (χ4v) is 3.17. The average Bonchev–Trinajstić information content (AvgIpc) is 3.06. The van der Waals surface area contributed by atoms with Crippen LogP contribution in [0.4, 0.5) is 5.69 Å². The van der Waals surface area contributed by atoms with Crippen molar-refractivity contribution in [3.8, 4) is 11.3 Å². The average molecular weight is 394 g/mol. The van der Waals surface area contributed by atoms with Crippen molar-refractivity contribution in [1.29, 1.82) is 0 Å². The third-order valence-corrected chi connectivity index (χ3v) is 4.44. The molecule has 1 aromatic carbocycles. The second-order valence-electron chi connectivity index (χ2n) is 4.49. The highest BCUT2D eigenvalue weighted by molar-refractivity contribution is 9.10. The summed E-state index contributed by atoms with van der Waals surface area (Å²) < 4.78 is 6.20. The van der Waals surface area contributed by atoms with E-state index in [0.717, 1.165) is 11.8 Å². The fourth-order valence-electron chi connectivity index (χ4n) is 1.95. The van der Waals surface area contributed by atoms with E-state index < -0.39 is 10.8 Å². The Morgan fingerprint density at radius 2 is 2.13 bits per heavy atom. The molecule has 23 heavy (non-hydrogen) atoms. The van der Waals surface area contributed by atoms with E-state index in [9.17, 15) is 14.9 Å². The summed E-state index contributed by atoms with van der Waals surface area (Å²) in [5.41, 5.74) is 6.13. The normalized spacial score (nSPS) is 16.0. The van der Waals surface area contributed by atoms with Crippen LogP contribution in [0.3, 0.4) is 0 Å². The molecule has 0 unspecified atom stereocenters. The highest BCUT2D eigenvalue weighted by atomic mass is 79.9. The van der Waals surface area contributed by atoms with Crippen molar-refractivity contribution in [3.05, 3.63) is 55.6 Å². The van der Waals surface area contributed by atoms with Gasteiger partial charge in [-0.3, -0.25) is 14.9 Å². The SMILES string of the molecule is NC1=NC(=O)/C(=C/c2ccc(-c3ccc([N+](=O)[O-])cc3Br)o2)S1. The number of furan rings is 1. The zero-order valence-corrected chi connectivity index (χ0v) is 13.8. The van der Waals surface area contributed by atoms with E-state index >= 15 is 0 Å². The molecule has 9 heteroatoms. The fraction of sp³-hybridized carbons (Fsp3) is 0. The number of amidine groups is 1. The van der Waals surface area contributed by atoms with Gasteiger partial charge in [0.15, 0.2) is 5.17 Å². The molecular weight excluding hydrogens is 386 g/mol. The smallest absolute Gasteiger partial charge is 0.286 e. The molecule has 2 N–H and O–H groups in total. The molecule has 0 aliphatic carbocycles. The Bertz CT molecular complexity index is 888. The summed E-state index contributed by atoms with van der Waals surface area (Å²) in [6, 6.07) is 7.80. The highest BCUT2D eigenvalue weighted by Crippen LogP contribution is 2.34. The molecule has 0 radical (unpaired) electrons. The van der Waals surface area contributed by atoms with Crippen molar-refractivity contribution >= 4 is 50.5 Å². The maximum absolute atomic E-state index is 11.6. The van der Waals surface area contributed by atoms with Crippen LogP contribution in [0.5, 0.6) is 0 Å². The van der Waals surface area contributed by atoms with Crippen LogP contribution in [0.1, 0.15) is 5.76 Å². The first kappa shape index (κ1) is 15.5. The number of carbonyl (C=O) groups excluding carboxylic acids is 1. The van der Waals surface area contributed by atoms with Crippen LogP contribution in [0, 0.1) is 10.1 Å². The maximum Gasteiger partial charge on any atom is 0.286 e. The van der Waals surface area contributed by atoms with E-state index in [-0.39, 0.29) is 10.9 Å². The molecule has 0 atom stereocenters. The van der Waals surface area contributed by atoms with E-state index in [1.807, 2.05) is 0 Å².